The molecule has 0 saturated carbocycles. The number of ether oxygens (including phenoxy) is 3. The van der Waals surface area contributed by atoms with Crippen molar-refractivity contribution in [2.75, 3.05) is 21.3 Å². The van der Waals surface area contributed by atoms with Gasteiger partial charge in [-0.1, -0.05) is 54.6 Å². The molecule has 0 bridgehead atoms. The zero-order chi connectivity index (χ0) is 68.1. The summed E-state index contributed by atoms with van der Waals surface area (Å²) in [7, 11) is 3.83. The Morgan fingerprint density at radius 2 is 0.742 bits per heavy atom. The van der Waals surface area contributed by atoms with E-state index in [0.29, 0.717) is 77.9 Å². The second-order valence-corrected chi connectivity index (χ2v) is 21.4. The minimum absolute atomic E-state index is 0.0935. The third-order valence-corrected chi connectivity index (χ3v) is 14.4. The van der Waals surface area contributed by atoms with E-state index < -0.39 is 23.9 Å². The number of aliphatic hydroxyl groups excluding tert-OH is 3. The predicted octanol–water partition coefficient (Wildman–Crippen LogP) is 12.9. The monoisotopic (exact) mass is 1240 g/mol. The summed E-state index contributed by atoms with van der Waals surface area (Å²) in [6, 6.07) is 53.6. The smallest absolute Gasteiger partial charge is 0.337 e. The van der Waals surface area contributed by atoms with Crippen LogP contribution in [0.4, 0.5) is 0 Å². The summed E-state index contributed by atoms with van der Waals surface area (Å²) in [5, 5.41) is 77.6. The Kier molecular flexibility index (Phi) is 25.0. The summed E-state index contributed by atoms with van der Waals surface area (Å²) < 4.78 is 14.1. The molecule has 9 rings (SSSR count). The molecule has 468 valence electrons. The van der Waals surface area contributed by atoms with Crippen molar-refractivity contribution >= 4 is 29.8 Å². The molecule has 9 aromatic rings. The lowest BCUT2D eigenvalue weighted by Gasteiger charge is -2.16. The lowest BCUT2D eigenvalue weighted by atomic mass is 9.95. The average Bonchev–Trinajstić information content (AvgIpc) is 0.862. The molecule has 1 atom stereocenters. The highest BCUT2D eigenvalue weighted by atomic mass is 16.5. The van der Waals surface area contributed by atoms with E-state index in [1.807, 2.05) is 96.1 Å². The van der Waals surface area contributed by atoms with E-state index in [2.05, 4.69) is 34.6 Å². The average molecular weight is 1240 g/mol. The molecule has 1 aromatic heterocycles. The SMILES string of the molecule is COC(=O)c1cc(C(=O)OC)cc(-c2ccc(C)cc2C#N)c1.COC(=O)c1cc(CO)cc(-c2ccc(C)cc2C#N)c1.Cc1ccc(-c2cc(CO)cc(C(=O)N[C@H](C)c3ccc(C)nc3)c2)c(C#N)c1.Cc1ccc(-c2cc(CO)cc(C(=O)O)c2)c(C#N)c1. The largest absolute Gasteiger partial charge is 0.478 e. The number of nitrogens with zero attached hydrogens (tertiary/aromatic N) is 5. The van der Waals surface area contributed by atoms with Crippen molar-refractivity contribution in [1.29, 1.82) is 21.0 Å². The number of aromatic nitrogens is 1. The number of nitrogens with one attached hydrogen (secondary N) is 1. The molecule has 0 aliphatic heterocycles. The highest BCUT2D eigenvalue weighted by Gasteiger charge is 2.19. The number of benzene rings is 8. The van der Waals surface area contributed by atoms with Crippen LogP contribution in [0.25, 0.3) is 44.5 Å². The Morgan fingerprint density at radius 3 is 1.05 bits per heavy atom. The number of hydrogen-bond acceptors (Lipinski definition) is 16. The van der Waals surface area contributed by atoms with Gasteiger partial charge in [0.15, 0.2) is 0 Å². The summed E-state index contributed by atoms with van der Waals surface area (Å²) in [6.45, 7) is 10.8. The van der Waals surface area contributed by atoms with Crippen molar-refractivity contribution in [3.05, 3.63) is 264 Å². The Balaban J connectivity index is 0.000000199. The fourth-order valence-electron chi connectivity index (χ4n) is 9.67. The van der Waals surface area contributed by atoms with Crippen LogP contribution >= 0.6 is 0 Å². The fourth-order valence-corrected chi connectivity index (χ4v) is 9.67. The molecule has 93 heavy (non-hydrogen) atoms. The maximum absolute atomic E-state index is 12.9. The number of methoxy groups -OCH3 is 3. The molecule has 8 aromatic carbocycles. The number of aliphatic hydroxyl groups is 3. The highest BCUT2D eigenvalue weighted by molar-refractivity contribution is 5.98. The number of carboxylic acids is 1. The molecule has 1 heterocycles. The summed E-state index contributed by atoms with van der Waals surface area (Å²) in [5.74, 6) is -2.92. The molecule has 0 fully saturated rings. The van der Waals surface area contributed by atoms with Crippen LogP contribution in [-0.2, 0) is 34.0 Å². The van der Waals surface area contributed by atoms with E-state index in [1.165, 1.54) is 39.5 Å². The standard InChI is InChI=1S/C24H23N3O2.C18H15NO4.C17H15NO3.C16H13NO3/c1-15-4-7-23(22(8-15)12-25)20-9-18(14-28)10-21(11-20)24(29)27-17(3)19-6-5-16(2)26-13-19;1-11-4-5-16(15(6-11)10-19)12-7-13(17(20)22-2)9-14(8-12)18(21)23-3;1-11-3-4-16(15(5-11)9-18)13-6-12(10-19)7-14(8-13)17(20)21-2;1-10-2-3-15(14(4-10)8-17)12-5-11(9-18)6-13(7-12)16(19)20/h4-11,13,17,28H,14H2,1-3H3,(H,27,29);4-9H,1-3H3;3-8,19H,10H2,1-2H3;2-7,18H,9H2,1H3,(H,19,20)/t17-;;;/m1.../s1. The summed E-state index contributed by atoms with van der Waals surface area (Å²) >= 11 is 0. The zero-order valence-corrected chi connectivity index (χ0v) is 52.6. The Morgan fingerprint density at radius 1 is 0.430 bits per heavy atom. The van der Waals surface area contributed by atoms with E-state index in [9.17, 15) is 60.3 Å². The van der Waals surface area contributed by atoms with E-state index in [0.717, 1.165) is 50.2 Å². The molecular weight excluding hydrogens is 1180 g/mol. The van der Waals surface area contributed by atoms with E-state index in [1.54, 1.807) is 91.1 Å². The Labute approximate surface area is 539 Å². The molecule has 0 spiro atoms. The number of esters is 3. The van der Waals surface area contributed by atoms with Gasteiger partial charge in [-0.3, -0.25) is 9.78 Å². The van der Waals surface area contributed by atoms with Crippen LogP contribution in [0.5, 0.6) is 0 Å². The van der Waals surface area contributed by atoms with E-state index >= 15 is 0 Å². The number of carbonyl (C=O) groups is 5. The van der Waals surface area contributed by atoms with Gasteiger partial charge >= 0.3 is 23.9 Å². The predicted molar refractivity (Wildman–Crippen MR) is 349 cm³/mol. The topological polar surface area (TPSA) is 314 Å². The molecule has 0 saturated heterocycles. The van der Waals surface area contributed by atoms with Crippen molar-refractivity contribution < 1.29 is 58.6 Å². The lowest BCUT2D eigenvalue weighted by Crippen LogP contribution is -2.27. The number of amides is 1. The van der Waals surface area contributed by atoms with E-state index in [4.69, 9.17) is 19.3 Å². The van der Waals surface area contributed by atoms with Crippen LogP contribution in [0.2, 0.25) is 0 Å². The number of carbonyl (C=O) groups excluding carboxylic acids is 4. The normalized spacial score (nSPS) is 10.5. The molecule has 0 aliphatic rings. The first kappa shape index (κ1) is 70.2. The van der Waals surface area contributed by atoms with Gasteiger partial charge in [-0.2, -0.15) is 21.0 Å². The van der Waals surface area contributed by atoms with Gasteiger partial charge in [0.2, 0.25) is 0 Å². The van der Waals surface area contributed by atoms with Gasteiger partial charge in [-0.15, -0.1) is 0 Å². The maximum Gasteiger partial charge on any atom is 0.337 e. The Bertz CT molecular complexity index is 4440. The summed E-state index contributed by atoms with van der Waals surface area (Å²) in [4.78, 5) is 63.6. The summed E-state index contributed by atoms with van der Waals surface area (Å²) in [5.41, 5.74) is 16.1. The van der Waals surface area contributed by atoms with Gasteiger partial charge in [0, 0.05) is 17.5 Å². The molecule has 5 N–H and O–H groups in total. The van der Waals surface area contributed by atoms with Crippen LogP contribution in [0.1, 0.15) is 137 Å². The van der Waals surface area contributed by atoms with Crippen LogP contribution in [0.3, 0.4) is 0 Å². The second-order valence-electron chi connectivity index (χ2n) is 21.4. The number of carboxylic acid groups (broad SMARTS) is 1. The third kappa shape index (κ3) is 18.6. The first-order chi connectivity index (χ1) is 44.5. The minimum Gasteiger partial charge on any atom is -0.478 e. The quantitative estimate of drug-likeness (QED) is 0.0499. The molecule has 0 unspecified atom stereocenters. The number of aromatic carboxylic acids is 1. The fraction of sp³-hybridized carbons (Fsp3) is 0.173. The molecule has 18 nitrogen and oxygen atoms in total. The van der Waals surface area contributed by atoms with Crippen molar-refractivity contribution in [2.24, 2.45) is 0 Å². The zero-order valence-electron chi connectivity index (χ0n) is 52.6. The van der Waals surface area contributed by atoms with Gasteiger partial charge in [0.25, 0.3) is 5.91 Å². The molecule has 0 radical (unpaired) electrons. The number of aryl methyl sites for hydroxylation is 5. The lowest BCUT2D eigenvalue weighted by molar-refractivity contribution is 0.0587. The number of nitriles is 4. The maximum atomic E-state index is 12.9. The number of rotatable bonds is 14. The van der Waals surface area contributed by atoms with Crippen molar-refractivity contribution in [2.45, 2.75) is 67.4 Å². The third-order valence-electron chi connectivity index (χ3n) is 14.4. The first-order valence-electron chi connectivity index (χ1n) is 28.7. The molecule has 18 heteroatoms. The number of hydrogen-bond donors (Lipinski definition) is 5. The summed E-state index contributed by atoms with van der Waals surface area (Å²) in [6.07, 6.45) is 1.75. The van der Waals surface area contributed by atoms with Crippen LogP contribution in [0, 0.1) is 79.9 Å². The Hall–Kier alpha value is -11.9. The second kappa shape index (κ2) is 33.1. The molecule has 1 amide bonds. The molecular formula is C75H66N6O12. The number of pyridine rings is 1. The highest BCUT2D eigenvalue weighted by Crippen LogP contribution is 2.32. The van der Waals surface area contributed by atoms with Gasteiger partial charge in [0.1, 0.15) is 0 Å². The van der Waals surface area contributed by atoms with Gasteiger partial charge < -0.3 is 40.0 Å². The van der Waals surface area contributed by atoms with Crippen molar-refractivity contribution in [3.63, 3.8) is 0 Å². The van der Waals surface area contributed by atoms with Crippen molar-refractivity contribution in [1.82, 2.24) is 10.3 Å². The minimum atomic E-state index is -1.06. The van der Waals surface area contributed by atoms with E-state index in [-0.39, 0.29) is 48.5 Å². The van der Waals surface area contributed by atoms with Crippen LogP contribution < -0.4 is 5.32 Å². The molecule has 0 aliphatic carbocycles. The van der Waals surface area contributed by atoms with Crippen LogP contribution in [-0.4, -0.2) is 76.5 Å². The van der Waals surface area contributed by atoms with Gasteiger partial charge in [-0.25, -0.2) is 19.2 Å². The van der Waals surface area contributed by atoms with Gasteiger partial charge in [-0.05, 0) is 234 Å². The van der Waals surface area contributed by atoms with Crippen molar-refractivity contribution in [3.8, 4) is 68.8 Å². The van der Waals surface area contributed by atoms with Crippen LogP contribution in [0.15, 0.2) is 164 Å². The first-order valence-corrected chi connectivity index (χ1v) is 28.7. The van der Waals surface area contributed by atoms with Gasteiger partial charge in [0.05, 0.1) is 116 Å².